The molecule has 0 aromatic carbocycles. The molecular formula is C10H14N2O2. The highest BCUT2D eigenvalue weighted by Gasteiger charge is 2.39. The fourth-order valence-electron chi connectivity index (χ4n) is 1.67. The average Bonchev–Trinajstić information content (AvgIpc) is 2.93. The second-order valence-corrected chi connectivity index (χ2v) is 3.44. The lowest BCUT2D eigenvalue weighted by atomic mass is 10.1. The summed E-state index contributed by atoms with van der Waals surface area (Å²) in [5.74, 6) is 1.78. The minimum atomic E-state index is 0.224. The largest absolute Gasteiger partial charge is 0.496 e. The quantitative estimate of drug-likeness (QED) is 0.777. The first-order valence-corrected chi connectivity index (χ1v) is 4.60. The number of ether oxygens (including phenoxy) is 2. The van der Waals surface area contributed by atoms with Gasteiger partial charge in [0.05, 0.1) is 19.8 Å². The third kappa shape index (κ3) is 1.42. The van der Waals surface area contributed by atoms with E-state index >= 15 is 0 Å². The molecule has 0 amide bonds. The van der Waals surface area contributed by atoms with E-state index in [0.717, 1.165) is 17.7 Å². The lowest BCUT2D eigenvalue weighted by molar-refractivity contribution is 0.373. The first-order chi connectivity index (χ1) is 6.77. The van der Waals surface area contributed by atoms with E-state index < -0.39 is 0 Å². The minimum absolute atomic E-state index is 0.224. The van der Waals surface area contributed by atoms with Crippen LogP contribution in [0.3, 0.4) is 0 Å². The van der Waals surface area contributed by atoms with Gasteiger partial charge in [-0.15, -0.1) is 0 Å². The van der Waals surface area contributed by atoms with E-state index in [1.807, 2.05) is 6.07 Å². The summed E-state index contributed by atoms with van der Waals surface area (Å²) in [7, 11) is 3.26. The molecule has 0 radical (unpaired) electrons. The number of nitrogens with two attached hydrogens (primary N) is 1. The van der Waals surface area contributed by atoms with Gasteiger partial charge in [0.15, 0.2) is 0 Å². The number of nitrogens with zero attached hydrogens (tertiary/aromatic N) is 1. The minimum Gasteiger partial charge on any atom is -0.496 e. The second kappa shape index (κ2) is 3.46. The van der Waals surface area contributed by atoms with E-state index in [1.165, 1.54) is 0 Å². The van der Waals surface area contributed by atoms with Crippen LogP contribution in [0.4, 0.5) is 0 Å². The van der Waals surface area contributed by atoms with Gasteiger partial charge in [-0.25, -0.2) is 4.98 Å². The Labute approximate surface area is 83.0 Å². The lowest BCUT2D eigenvalue weighted by Crippen LogP contribution is -2.04. The van der Waals surface area contributed by atoms with Gasteiger partial charge < -0.3 is 15.2 Å². The number of hydrogen-bond acceptors (Lipinski definition) is 4. The fourth-order valence-corrected chi connectivity index (χ4v) is 1.67. The Bertz CT molecular complexity index is 319. The maximum absolute atomic E-state index is 5.81. The highest BCUT2D eigenvalue weighted by atomic mass is 16.5. The van der Waals surface area contributed by atoms with E-state index in [4.69, 9.17) is 15.2 Å². The first kappa shape index (κ1) is 9.27. The van der Waals surface area contributed by atoms with Crippen LogP contribution in [0.25, 0.3) is 0 Å². The van der Waals surface area contributed by atoms with Crippen molar-refractivity contribution in [3.05, 3.63) is 17.8 Å². The van der Waals surface area contributed by atoms with Crippen LogP contribution in [0.15, 0.2) is 12.3 Å². The summed E-state index contributed by atoms with van der Waals surface area (Å²) in [4.78, 5) is 4.14. The molecule has 1 heterocycles. The van der Waals surface area contributed by atoms with Crippen LogP contribution in [0.5, 0.6) is 11.6 Å². The van der Waals surface area contributed by atoms with E-state index in [-0.39, 0.29) is 6.04 Å². The van der Waals surface area contributed by atoms with E-state index in [0.29, 0.717) is 11.8 Å². The van der Waals surface area contributed by atoms with Crippen molar-refractivity contribution in [1.29, 1.82) is 0 Å². The predicted molar refractivity (Wildman–Crippen MR) is 52.7 cm³/mol. The second-order valence-electron chi connectivity index (χ2n) is 3.44. The molecule has 14 heavy (non-hydrogen) atoms. The molecule has 4 heteroatoms. The number of aromatic nitrogens is 1. The normalized spacial score (nSPS) is 24.5. The van der Waals surface area contributed by atoms with Crippen LogP contribution in [0, 0.1) is 0 Å². The molecule has 1 aliphatic carbocycles. The number of hydrogen-bond donors (Lipinski definition) is 1. The monoisotopic (exact) mass is 194 g/mol. The third-order valence-corrected chi connectivity index (χ3v) is 2.54. The molecule has 0 aliphatic heterocycles. The van der Waals surface area contributed by atoms with Crippen LogP contribution in [-0.4, -0.2) is 25.2 Å². The molecular weight excluding hydrogens is 180 g/mol. The standard InChI is InChI=1S/C10H14N2O2/c1-13-8-3-4-12-10(14-2)9(8)6-5-7(6)11/h3-4,6-7H,5,11H2,1-2H3. The Kier molecular flexibility index (Phi) is 2.29. The molecule has 0 spiro atoms. The van der Waals surface area contributed by atoms with Crippen LogP contribution in [0.2, 0.25) is 0 Å². The lowest BCUT2D eigenvalue weighted by Gasteiger charge is -2.10. The molecule has 1 saturated carbocycles. The maximum atomic E-state index is 5.81. The zero-order chi connectivity index (χ0) is 10.1. The van der Waals surface area contributed by atoms with Gasteiger partial charge in [0.25, 0.3) is 0 Å². The molecule has 1 fully saturated rings. The van der Waals surface area contributed by atoms with Crippen molar-refractivity contribution >= 4 is 0 Å². The van der Waals surface area contributed by atoms with Crippen LogP contribution >= 0.6 is 0 Å². The van der Waals surface area contributed by atoms with Crippen LogP contribution < -0.4 is 15.2 Å². The van der Waals surface area contributed by atoms with Gasteiger partial charge in [-0.3, -0.25) is 0 Å². The van der Waals surface area contributed by atoms with Crippen molar-refractivity contribution in [2.24, 2.45) is 5.73 Å². The van der Waals surface area contributed by atoms with E-state index in [2.05, 4.69) is 4.98 Å². The van der Waals surface area contributed by atoms with Crippen molar-refractivity contribution in [3.63, 3.8) is 0 Å². The van der Waals surface area contributed by atoms with E-state index in [1.54, 1.807) is 20.4 Å². The van der Waals surface area contributed by atoms with Gasteiger partial charge in [-0.2, -0.15) is 0 Å². The van der Waals surface area contributed by atoms with Gasteiger partial charge in [0.1, 0.15) is 5.75 Å². The Morgan fingerprint density at radius 2 is 2.14 bits per heavy atom. The maximum Gasteiger partial charge on any atom is 0.220 e. The molecule has 1 aromatic heterocycles. The summed E-state index contributed by atoms with van der Waals surface area (Å²) < 4.78 is 10.5. The van der Waals surface area contributed by atoms with Gasteiger partial charge in [0.2, 0.25) is 5.88 Å². The van der Waals surface area contributed by atoms with Crippen molar-refractivity contribution in [1.82, 2.24) is 4.98 Å². The topological polar surface area (TPSA) is 57.4 Å². The predicted octanol–water partition coefficient (Wildman–Crippen LogP) is 0.913. The molecule has 1 aromatic rings. The summed E-state index contributed by atoms with van der Waals surface area (Å²) in [6.07, 6.45) is 2.66. The molecule has 2 N–H and O–H groups in total. The van der Waals surface area contributed by atoms with E-state index in [9.17, 15) is 0 Å². The third-order valence-electron chi connectivity index (χ3n) is 2.54. The summed E-state index contributed by atoms with van der Waals surface area (Å²) in [5.41, 5.74) is 6.81. The number of methoxy groups -OCH3 is 2. The van der Waals surface area contributed by atoms with Crippen LogP contribution in [0.1, 0.15) is 17.9 Å². The van der Waals surface area contributed by atoms with Gasteiger partial charge in [-0.05, 0) is 12.5 Å². The molecule has 4 nitrogen and oxygen atoms in total. The highest BCUT2D eigenvalue weighted by molar-refractivity contribution is 5.46. The Morgan fingerprint density at radius 1 is 1.43 bits per heavy atom. The molecule has 2 unspecified atom stereocenters. The molecule has 2 atom stereocenters. The summed E-state index contributed by atoms with van der Waals surface area (Å²) in [6.45, 7) is 0. The molecule has 0 bridgehead atoms. The van der Waals surface area contributed by atoms with Crippen molar-refractivity contribution in [2.75, 3.05) is 14.2 Å². The summed E-state index contributed by atoms with van der Waals surface area (Å²) in [5, 5.41) is 0. The van der Waals surface area contributed by atoms with Crippen molar-refractivity contribution < 1.29 is 9.47 Å². The summed E-state index contributed by atoms with van der Waals surface area (Å²) >= 11 is 0. The van der Waals surface area contributed by atoms with Crippen molar-refractivity contribution in [3.8, 4) is 11.6 Å². The molecule has 2 rings (SSSR count). The number of rotatable bonds is 3. The van der Waals surface area contributed by atoms with Gasteiger partial charge >= 0.3 is 0 Å². The zero-order valence-electron chi connectivity index (χ0n) is 8.36. The van der Waals surface area contributed by atoms with Gasteiger partial charge in [0, 0.05) is 18.2 Å². The Morgan fingerprint density at radius 3 is 2.64 bits per heavy atom. The Balaban J connectivity index is 2.41. The zero-order valence-corrected chi connectivity index (χ0v) is 8.36. The molecule has 1 aliphatic rings. The summed E-state index contributed by atoms with van der Waals surface area (Å²) in [6, 6.07) is 2.06. The SMILES string of the molecule is COc1ccnc(OC)c1C1CC1N. The number of pyridine rings is 1. The average molecular weight is 194 g/mol. The smallest absolute Gasteiger partial charge is 0.220 e. The first-order valence-electron chi connectivity index (χ1n) is 4.60. The fraction of sp³-hybridized carbons (Fsp3) is 0.500. The molecule has 76 valence electrons. The molecule has 0 saturated heterocycles. The van der Waals surface area contributed by atoms with Gasteiger partial charge in [-0.1, -0.05) is 0 Å². The highest BCUT2D eigenvalue weighted by Crippen LogP contribution is 2.46. The van der Waals surface area contributed by atoms with Crippen LogP contribution in [-0.2, 0) is 0 Å². The van der Waals surface area contributed by atoms with Crippen molar-refractivity contribution in [2.45, 2.75) is 18.4 Å². The Hall–Kier alpha value is -1.29.